The molecular formula is C14H24N2O. The van der Waals surface area contributed by atoms with Crippen LogP contribution in [0.4, 0.5) is 0 Å². The Bertz CT molecular complexity index is 359. The van der Waals surface area contributed by atoms with Crippen molar-refractivity contribution in [2.75, 3.05) is 0 Å². The fraction of sp³-hybridized carbons (Fsp3) is 0.786. The summed E-state index contributed by atoms with van der Waals surface area (Å²) >= 11 is 0. The summed E-state index contributed by atoms with van der Waals surface area (Å²) in [6, 6.07) is 0.230. The van der Waals surface area contributed by atoms with E-state index in [1.807, 2.05) is 12.4 Å². The molecule has 2 rings (SSSR count). The van der Waals surface area contributed by atoms with Gasteiger partial charge in [0.15, 0.2) is 0 Å². The van der Waals surface area contributed by atoms with Crippen LogP contribution in [-0.2, 0) is 0 Å². The molecule has 1 N–H and O–H groups in total. The van der Waals surface area contributed by atoms with Crippen molar-refractivity contribution in [3.05, 3.63) is 18.2 Å². The van der Waals surface area contributed by atoms with Gasteiger partial charge in [-0.3, -0.25) is 0 Å². The molecule has 1 aliphatic rings. The molecule has 0 radical (unpaired) electrons. The molecule has 3 nitrogen and oxygen atoms in total. The Morgan fingerprint density at radius 3 is 2.88 bits per heavy atom. The minimum atomic E-state index is -0.204. The number of aromatic nitrogens is 2. The summed E-state index contributed by atoms with van der Waals surface area (Å²) in [6.07, 6.45) is 8.09. The van der Waals surface area contributed by atoms with Crippen LogP contribution in [0.15, 0.2) is 12.4 Å². The maximum Gasteiger partial charge on any atom is 0.111 e. The van der Waals surface area contributed by atoms with Crippen molar-refractivity contribution in [2.24, 2.45) is 5.92 Å². The number of rotatable bonds is 3. The predicted molar refractivity (Wildman–Crippen MR) is 69.0 cm³/mol. The van der Waals surface area contributed by atoms with Crippen LogP contribution in [0.2, 0.25) is 0 Å². The minimum absolute atomic E-state index is 0.204. The van der Waals surface area contributed by atoms with Gasteiger partial charge < -0.3 is 9.67 Å². The zero-order chi connectivity index (χ0) is 12.4. The highest BCUT2D eigenvalue weighted by Crippen LogP contribution is 2.35. The molecule has 1 fully saturated rings. The number of hydrogen-bond donors (Lipinski definition) is 1. The highest BCUT2D eigenvalue weighted by molar-refractivity contribution is 5.02. The lowest BCUT2D eigenvalue weighted by molar-refractivity contribution is 0.0517. The molecule has 1 aromatic rings. The molecule has 1 aliphatic carbocycles. The summed E-state index contributed by atoms with van der Waals surface area (Å²) in [6.45, 7) is 6.56. The molecule has 3 atom stereocenters. The van der Waals surface area contributed by atoms with E-state index < -0.39 is 0 Å². The second-order valence-electron chi connectivity index (χ2n) is 5.57. The minimum Gasteiger partial charge on any atom is -0.391 e. The molecule has 0 aliphatic heterocycles. The fourth-order valence-corrected chi connectivity index (χ4v) is 2.94. The summed E-state index contributed by atoms with van der Waals surface area (Å²) in [5.74, 6) is 2.27. The Balaban J connectivity index is 2.21. The molecule has 3 heteroatoms. The Hall–Kier alpha value is -0.830. The van der Waals surface area contributed by atoms with Gasteiger partial charge in [0.1, 0.15) is 5.82 Å². The number of imidazole rings is 1. The van der Waals surface area contributed by atoms with Crippen LogP contribution in [0.1, 0.15) is 64.2 Å². The molecule has 0 aromatic carbocycles. The van der Waals surface area contributed by atoms with Crippen molar-refractivity contribution < 1.29 is 5.11 Å². The van der Waals surface area contributed by atoms with Crippen LogP contribution >= 0.6 is 0 Å². The fourth-order valence-electron chi connectivity index (χ4n) is 2.94. The first-order valence-electron chi connectivity index (χ1n) is 6.84. The van der Waals surface area contributed by atoms with Crippen molar-refractivity contribution in [2.45, 2.75) is 64.5 Å². The Labute approximate surface area is 104 Å². The van der Waals surface area contributed by atoms with E-state index in [1.165, 1.54) is 12.8 Å². The number of aliphatic hydroxyl groups is 1. The van der Waals surface area contributed by atoms with E-state index in [0.29, 0.717) is 5.92 Å². The first kappa shape index (κ1) is 12.6. The maximum atomic E-state index is 10.2. The second kappa shape index (κ2) is 5.21. The molecule has 0 saturated heterocycles. The topological polar surface area (TPSA) is 38.0 Å². The maximum absolute atomic E-state index is 10.2. The van der Waals surface area contributed by atoms with E-state index in [-0.39, 0.29) is 12.1 Å². The molecule has 1 saturated carbocycles. The molecule has 1 aromatic heterocycles. The monoisotopic (exact) mass is 236 g/mol. The van der Waals surface area contributed by atoms with Crippen molar-refractivity contribution in [3.8, 4) is 0 Å². The lowest BCUT2D eigenvalue weighted by Crippen LogP contribution is -2.32. The van der Waals surface area contributed by atoms with Crippen molar-refractivity contribution in [1.29, 1.82) is 0 Å². The average Bonchev–Trinajstić information content (AvgIpc) is 2.78. The van der Waals surface area contributed by atoms with Gasteiger partial charge in [-0.25, -0.2) is 4.98 Å². The second-order valence-corrected chi connectivity index (χ2v) is 5.57. The first-order chi connectivity index (χ1) is 8.13. The summed E-state index contributed by atoms with van der Waals surface area (Å²) in [5, 5.41) is 10.2. The Morgan fingerprint density at radius 1 is 1.47 bits per heavy atom. The Kier molecular flexibility index (Phi) is 3.87. The predicted octanol–water partition coefficient (Wildman–Crippen LogP) is 3.12. The third kappa shape index (κ3) is 2.54. The molecule has 17 heavy (non-hydrogen) atoms. The van der Waals surface area contributed by atoms with Gasteiger partial charge in [-0.1, -0.05) is 27.2 Å². The SMILES string of the molecule is CCC1CCC(O)C(n2ccnc2C(C)C)C1. The molecular weight excluding hydrogens is 212 g/mol. The zero-order valence-corrected chi connectivity index (χ0v) is 11.1. The van der Waals surface area contributed by atoms with Gasteiger partial charge in [0, 0.05) is 18.3 Å². The van der Waals surface area contributed by atoms with E-state index in [2.05, 4.69) is 30.3 Å². The summed E-state index contributed by atoms with van der Waals surface area (Å²) < 4.78 is 2.21. The van der Waals surface area contributed by atoms with Crippen LogP contribution in [0.3, 0.4) is 0 Å². The largest absolute Gasteiger partial charge is 0.391 e. The molecule has 3 unspecified atom stereocenters. The highest BCUT2D eigenvalue weighted by atomic mass is 16.3. The van der Waals surface area contributed by atoms with E-state index in [0.717, 1.165) is 24.6 Å². The van der Waals surface area contributed by atoms with Gasteiger partial charge >= 0.3 is 0 Å². The van der Waals surface area contributed by atoms with E-state index in [1.54, 1.807) is 0 Å². The van der Waals surface area contributed by atoms with Crippen LogP contribution in [0.5, 0.6) is 0 Å². The number of hydrogen-bond acceptors (Lipinski definition) is 2. The van der Waals surface area contributed by atoms with Crippen molar-refractivity contribution in [3.63, 3.8) is 0 Å². The molecule has 1 heterocycles. The third-order valence-corrected chi connectivity index (χ3v) is 4.04. The van der Waals surface area contributed by atoms with Crippen LogP contribution in [-0.4, -0.2) is 20.8 Å². The van der Waals surface area contributed by atoms with Gasteiger partial charge in [0.05, 0.1) is 12.1 Å². The third-order valence-electron chi connectivity index (χ3n) is 4.04. The first-order valence-corrected chi connectivity index (χ1v) is 6.84. The lowest BCUT2D eigenvalue weighted by Gasteiger charge is -2.35. The zero-order valence-electron chi connectivity index (χ0n) is 11.1. The van der Waals surface area contributed by atoms with Crippen LogP contribution in [0, 0.1) is 5.92 Å². The molecule has 0 spiro atoms. The molecule has 0 bridgehead atoms. The number of aliphatic hydroxyl groups excluding tert-OH is 1. The van der Waals surface area contributed by atoms with Gasteiger partial charge in [0.25, 0.3) is 0 Å². The smallest absolute Gasteiger partial charge is 0.111 e. The highest BCUT2D eigenvalue weighted by Gasteiger charge is 2.30. The van der Waals surface area contributed by atoms with Gasteiger partial charge in [0.2, 0.25) is 0 Å². The lowest BCUT2D eigenvalue weighted by atomic mass is 9.82. The van der Waals surface area contributed by atoms with E-state index >= 15 is 0 Å². The van der Waals surface area contributed by atoms with E-state index in [9.17, 15) is 5.11 Å². The Morgan fingerprint density at radius 2 is 2.24 bits per heavy atom. The van der Waals surface area contributed by atoms with Crippen molar-refractivity contribution >= 4 is 0 Å². The van der Waals surface area contributed by atoms with Crippen LogP contribution < -0.4 is 0 Å². The summed E-state index contributed by atoms with van der Waals surface area (Å²) in [5.41, 5.74) is 0. The molecule has 96 valence electrons. The summed E-state index contributed by atoms with van der Waals surface area (Å²) in [4.78, 5) is 4.43. The van der Waals surface area contributed by atoms with Gasteiger partial charge in [-0.2, -0.15) is 0 Å². The number of nitrogens with zero attached hydrogens (tertiary/aromatic N) is 2. The van der Waals surface area contributed by atoms with Gasteiger partial charge in [-0.05, 0) is 25.2 Å². The molecule has 0 amide bonds. The average molecular weight is 236 g/mol. The quantitative estimate of drug-likeness (QED) is 0.875. The normalized spacial score (nSPS) is 29.8. The standard InChI is InChI=1S/C14H24N2O/c1-4-11-5-6-13(17)12(9-11)16-8-7-15-14(16)10(2)3/h7-8,10-13,17H,4-6,9H2,1-3H3. The van der Waals surface area contributed by atoms with Gasteiger partial charge in [-0.15, -0.1) is 0 Å². The summed E-state index contributed by atoms with van der Waals surface area (Å²) in [7, 11) is 0. The van der Waals surface area contributed by atoms with E-state index in [4.69, 9.17) is 0 Å². The van der Waals surface area contributed by atoms with Crippen LogP contribution in [0.25, 0.3) is 0 Å². The van der Waals surface area contributed by atoms with Crippen molar-refractivity contribution in [1.82, 2.24) is 9.55 Å².